The number of carbonyl (C=O) groups excluding carboxylic acids is 1. The molecular formula is C11H11Cl2NO2. The van der Waals surface area contributed by atoms with Crippen LogP contribution in [0.15, 0.2) is 24.3 Å². The van der Waals surface area contributed by atoms with Crippen LogP contribution in [0.3, 0.4) is 0 Å². The van der Waals surface area contributed by atoms with Crippen molar-refractivity contribution in [3.63, 3.8) is 0 Å². The van der Waals surface area contributed by atoms with E-state index in [0.29, 0.717) is 15.6 Å². The largest absolute Gasteiger partial charge is 0.274 e. The van der Waals surface area contributed by atoms with Crippen molar-refractivity contribution >= 4 is 35.2 Å². The Morgan fingerprint density at radius 2 is 2.12 bits per heavy atom. The molecule has 1 aromatic rings. The van der Waals surface area contributed by atoms with Gasteiger partial charge in [0.2, 0.25) is 0 Å². The molecule has 0 radical (unpaired) electrons. The van der Waals surface area contributed by atoms with E-state index >= 15 is 0 Å². The van der Waals surface area contributed by atoms with Crippen LogP contribution >= 0.6 is 23.2 Å². The average Bonchev–Trinajstić information content (AvgIpc) is 2.29. The molecule has 86 valence electrons. The van der Waals surface area contributed by atoms with E-state index in [2.05, 4.69) is 0 Å². The number of hydrogen-bond acceptors (Lipinski definition) is 2. The van der Waals surface area contributed by atoms with Crippen molar-refractivity contribution in [2.24, 2.45) is 0 Å². The number of halogens is 2. The smallest absolute Gasteiger partial charge is 0.269 e. The fourth-order valence-corrected chi connectivity index (χ4v) is 1.38. The lowest BCUT2D eigenvalue weighted by Gasteiger charge is -2.10. The maximum absolute atomic E-state index is 11.4. The molecule has 5 heteroatoms. The lowest BCUT2D eigenvalue weighted by molar-refractivity contribution is -0.162. The van der Waals surface area contributed by atoms with Gasteiger partial charge >= 0.3 is 0 Å². The van der Waals surface area contributed by atoms with Gasteiger partial charge in [-0.2, -0.15) is 0 Å². The molecule has 0 unspecified atom stereocenters. The molecule has 3 nitrogen and oxygen atoms in total. The molecule has 1 rings (SSSR count). The van der Waals surface area contributed by atoms with E-state index < -0.39 is 0 Å². The summed E-state index contributed by atoms with van der Waals surface area (Å²) in [7, 11) is 2.93. The maximum atomic E-state index is 11.4. The Labute approximate surface area is 104 Å². The molecule has 0 N–H and O–H groups in total. The van der Waals surface area contributed by atoms with E-state index in [1.807, 2.05) is 0 Å². The van der Waals surface area contributed by atoms with Crippen molar-refractivity contribution in [3.8, 4) is 0 Å². The Morgan fingerprint density at radius 1 is 1.44 bits per heavy atom. The van der Waals surface area contributed by atoms with Crippen molar-refractivity contribution in [1.29, 1.82) is 0 Å². The molecule has 16 heavy (non-hydrogen) atoms. The first-order valence-electron chi connectivity index (χ1n) is 4.50. The summed E-state index contributed by atoms with van der Waals surface area (Å²) in [6.45, 7) is 0. The quantitative estimate of drug-likeness (QED) is 0.617. The van der Waals surface area contributed by atoms with Crippen LogP contribution in [0.2, 0.25) is 10.0 Å². The van der Waals surface area contributed by atoms with Crippen LogP contribution in [0.25, 0.3) is 6.08 Å². The standard InChI is InChI=1S/C11H11Cl2NO2/c1-14(16-2)10(15)7-6-8-4-3-5-9(12)11(8)13/h3-7H,1-2H3/b7-6-. The van der Waals surface area contributed by atoms with Gasteiger partial charge in [0.05, 0.1) is 17.2 Å². The van der Waals surface area contributed by atoms with Gasteiger partial charge in [0, 0.05) is 13.1 Å². The second kappa shape index (κ2) is 5.89. The molecule has 0 heterocycles. The zero-order valence-corrected chi connectivity index (χ0v) is 10.4. The summed E-state index contributed by atoms with van der Waals surface area (Å²) in [5.74, 6) is -0.279. The summed E-state index contributed by atoms with van der Waals surface area (Å²) in [6.07, 6.45) is 2.95. The van der Waals surface area contributed by atoms with E-state index in [4.69, 9.17) is 28.0 Å². The molecular weight excluding hydrogens is 249 g/mol. The van der Waals surface area contributed by atoms with Gasteiger partial charge in [0.15, 0.2) is 0 Å². The maximum Gasteiger partial charge on any atom is 0.269 e. The van der Waals surface area contributed by atoms with E-state index in [9.17, 15) is 4.79 Å². The molecule has 0 saturated carbocycles. The highest BCUT2D eigenvalue weighted by Gasteiger charge is 2.04. The van der Waals surface area contributed by atoms with Crippen LogP contribution in [-0.2, 0) is 9.63 Å². The highest BCUT2D eigenvalue weighted by molar-refractivity contribution is 6.42. The fraction of sp³-hybridized carbons (Fsp3) is 0.182. The number of rotatable bonds is 3. The number of carbonyl (C=O) groups is 1. The summed E-state index contributed by atoms with van der Waals surface area (Å²) >= 11 is 11.8. The lowest BCUT2D eigenvalue weighted by Crippen LogP contribution is -2.22. The van der Waals surface area contributed by atoms with Crippen molar-refractivity contribution in [2.45, 2.75) is 0 Å². The normalized spacial score (nSPS) is 10.8. The van der Waals surface area contributed by atoms with Crippen LogP contribution in [0.5, 0.6) is 0 Å². The van der Waals surface area contributed by atoms with Gasteiger partial charge in [-0.3, -0.25) is 9.63 Å². The van der Waals surface area contributed by atoms with E-state index in [0.717, 1.165) is 5.06 Å². The molecule has 0 saturated heterocycles. The minimum atomic E-state index is -0.279. The van der Waals surface area contributed by atoms with Crippen molar-refractivity contribution < 1.29 is 9.63 Å². The van der Waals surface area contributed by atoms with Crippen molar-refractivity contribution in [1.82, 2.24) is 5.06 Å². The molecule has 0 spiro atoms. The number of likely N-dealkylation sites (N-methyl/N-ethyl adjacent to an activating group) is 1. The fourth-order valence-electron chi connectivity index (χ4n) is 1.01. The van der Waals surface area contributed by atoms with Crippen molar-refractivity contribution in [3.05, 3.63) is 39.9 Å². The first-order valence-corrected chi connectivity index (χ1v) is 5.25. The number of amides is 1. The highest BCUT2D eigenvalue weighted by atomic mass is 35.5. The minimum absolute atomic E-state index is 0.279. The zero-order valence-electron chi connectivity index (χ0n) is 8.91. The molecule has 0 aliphatic heterocycles. The Kier molecular flexibility index (Phi) is 4.80. The highest BCUT2D eigenvalue weighted by Crippen LogP contribution is 2.26. The van der Waals surface area contributed by atoms with E-state index in [1.54, 1.807) is 24.3 Å². The van der Waals surface area contributed by atoms with Gasteiger partial charge in [-0.15, -0.1) is 0 Å². The summed E-state index contributed by atoms with van der Waals surface area (Å²) in [5, 5.41) is 1.99. The summed E-state index contributed by atoms with van der Waals surface area (Å²) in [6, 6.07) is 5.22. The van der Waals surface area contributed by atoms with Gasteiger partial charge in [0.1, 0.15) is 0 Å². The summed E-state index contributed by atoms with van der Waals surface area (Å²) in [5.41, 5.74) is 0.687. The van der Waals surface area contributed by atoms with Gasteiger partial charge in [0.25, 0.3) is 5.91 Å². The third kappa shape index (κ3) is 3.23. The average molecular weight is 260 g/mol. The van der Waals surface area contributed by atoms with Crippen LogP contribution in [-0.4, -0.2) is 25.1 Å². The van der Waals surface area contributed by atoms with Gasteiger partial charge in [-0.25, -0.2) is 5.06 Å². The van der Waals surface area contributed by atoms with Crippen LogP contribution < -0.4 is 0 Å². The predicted molar refractivity (Wildman–Crippen MR) is 65.3 cm³/mol. The third-order valence-electron chi connectivity index (χ3n) is 1.97. The minimum Gasteiger partial charge on any atom is -0.274 e. The molecule has 0 aromatic heterocycles. The number of hydroxylamine groups is 2. The lowest BCUT2D eigenvalue weighted by atomic mass is 10.2. The zero-order chi connectivity index (χ0) is 12.1. The van der Waals surface area contributed by atoms with Crippen LogP contribution in [0.4, 0.5) is 0 Å². The van der Waals surface area contributed by atoms with E-state index in [-0.39, 0.29) is 5.91 Å². The van der Waals surface area contributed by atoms with Crippen LogP contribution in [0.1, 0.15) is 5.56 Å². The number of nitrogens with zero attached hydrogens (tertiary/aromatic N) is 1. The molecule has 0 aliphatic carbocycles. The summed E-state index contributed by atoms with van der Waals surface area (Å²) < 4.78 is 0. The molecule has 1 aromatic carbocycles. The Morgan fingerprint density at radius 3 is 2.75 bits per heavy atom. The molecule has 0 fully saturated rings. The topological polar surface area (TPSA) is 29.5 Å². The van der Waals surface area contributed by atoms with Gasteiger partial charge < -0.3 is 0 Å². The monoisotopic (exact) mass is 259 g/mol. The van der Waals surface area contributed by atoms with Crippen molar-refractivity contribution in [2.75, 3.05) is 14.2 Å². The Balaban J connectivity index is 2.85. The summed E-state index contributed by atoms with van der Waals surface area (Å²) in [4.78, 5) is 16.1. The third-order valence-corrected chi connectivity index (χ3v) is 2.80. The van der Waals surface area contributed by atoms with Crippen LogP contribution in [0, 0.1) is 0 Å². The molecule has 0 aliphatic rings. The van der Waals surface area contributed by atoms with E-state index in [1.165, 1.54) is 20.2 Å². The Bertz CT molecular complexity index is 418. The molecule has 1 amide bonds. The number of hydrogen-bond donors (Lipinski definition) is 0. The molecule has 0 atom stereocenters. The molecule has 0 bridgehead atoms. The number of benzene rings is 1. The van der Waals surface area contributed by atoms with Gasteiger partial charge in [-0.05, 0) is 17.7 Å². The first-order chi connectivity index (χ1) is 7.56. The second-order valence-electron chi connectivity index (χ2n) is 2.99. The first kappa shape index (κ1) is 13.0. The van der Waals surface area contributed by atoms with Gasteiger partial charge in [-0.1, -0.05) is 35.3 Å². The second-order valence-corrected chi connectivity index (χ2v) is 3.78. The Hall–Kier alpha value is -1.03. The SMILES string of the molecule is CON(C)C(=O)/C=C\c1cccc(Cl)c1Cl. The predicted octanol–water partition coefficient (Wildman–Crippen LogP) is 3.03.